The number of thiocarbonyl (C=S) groups is 1. The Bertz CT molecular complexity index is 913. The zero-order chi connectivity index (χ0) is 21.9. The number of benzene rings is 2. The van der Waals surface area contributed by atoms with Crippen molar-refractivity contribution in [2.75, 3.05) is 17.7 Å². The van der Waals surface area contributed by atoms with Crippen molar-refractivity contribution < 1.29 is 19.1 Å². The zero-order valence-electron chi connectivity index (χ0n) is 17.0. The van der Waals surface area contributed by atoms with Crippen molar-refractivity contribution in [2.45, 2.75) is 32.6 Å². The third kappa shape index (κ3) is 7.29. The maximum absolute atomic E-state index is 12.3. The normalized spacial score (nSPS) is 10.1. The number of amides is 2. The first-order valence-electron chi connectivity index (χ1n) is 9.63. The average Bonchev–Trinajstić information content (AvgIpc) is 2.73. The Morgan fingerprint density at radius 3 is 2.20 bits per heavy atom. The van der Waals surface area contributed by atoms with Crippen LogP contribution in [0.1, 0.15) is 53.3 Å². The Hall–Kier alpha value is -3.26. The van der Waals surface area contributed by atoms with Gasteiger partial charge in [-0.05, 0) is 61.1 Å². The standard InChI is InChI=1S/C22H25N3O4S/c1-3-4-5-9-19(26)23-17-7-6-8-18(14-17)24-22(30)25-20(27)15-10-12-16(13-11-15)21(28)29-2/h6-8,10-14H,3-5,9H2,1-2H3,(H,23,26)(H2,24,25,27,30). The van der Waals surface area contributed by atoms with Gasteiger partial charge in [0.25, 0.3) is 5.91 Å². The largest absolute Gasteiger partial charge is 0.465 e. The Morgan fingerprint density at radius 1 is 0.933 bits per heavy atom. The van der Waals surface area contributed by atoms with E-state index in [-0.39, 0.29) is 11.0 Å². The molecule has 0 heterocycles. The summed E-state index contributed by atoms with van der Waals surface area (Å²) in [5, 5.41) is 8.47. The number of anilines is 2. The van der Waals surface area contributed by atoms with E-state index < -0.39 is 11.9 Å². The van der Waals surface area contributed by atoms with Gasteiger partial charge in [-0.15, -0.1) is 0 Å². The summed E-state index contributed by atoms with van der Waals surface area (Å²) in [6, 6.07) is 13.1. The molecule has 0 aromatic heterocycles. The number of ether oxygens (including phenoxy) is 1. The number of esters is 1. The van der Waals surface area contributed by atoms with Crippen LogP contribution in [-0.4, -0.2) is 30.0 Å². The molecule has 0 fully saturated rings. The summed E-state index contributed by atoms with van der Waals surface area (Å²) in [4.78, 5) is 35.7. The molecule has 0 bridgehead atoms. The van der Waals surface area contributed by atoms with Crippen molar-refractivity contribution in [2.24, 2.45) is 0 Å². The monoisotopic (exact) mass is 427 g/mol. The number of nitrogens with one attached hydrogen (secondary N) is 3. The summed E-state index contributed by atoms with van der Waals surface area (Å²) in [6.07, 6.45) is 3.42. The summed E-state index contributed by atoms with van der Waals surface area (Å²) in [6.45, 7) is 2.09. The van der Waals surface area contributed by atoms with E-state index in [1.54, 1.807) is 24.3 Å². The molecule has 0 aliphatic rings. The van der Waals surface area contributed by atoms with Gasteiger partial charge >= 0.3 is 5.97 Å². The van der Waals surface area contributed by atoms with Gasteiger partial charge in [0.2, 0.25) is 5.91 Å². The third-order valence-corrected chi connectivity index (χ3v) is 4.41. The smallest absolute Gasteiger partial charge is 0.337 e. The van der Waals surface area contributed by atoms with Crippen LogP contribution in [0.4, 0.5) is 11.4 Å². The van der Waals surface area contributed by atoms with Crippen LogP contribution in [0.3, 0.4) is 0 Å². The van der Waals surface area contributed by atoms with Crippen molar-refractivity contribution in [1.29, 1.82) is 0 Å². The molecule has 0 radical (unpaired) electrons. The molecule has 2 aromatic rings. The van der Waals surface area contributed by atoms with Gasteiger partial charge in [-0.2, -0.15) is 0 Å². The minimum Gasteiger partial charge on any atom is -0.465 e. The van der Waals surface area contributed by atoms with E-state index in [4.69, 9.17) is 12.2 Å². The number of hydrogen-bond acceptors (Lipinski definition) is 5. The molecule has 3 N–H and O–H groups in total. The van der Waals surface area contributed by atoms with Crippen molar-refractivity contribution in [3.05, 3.63) is 59.7 Å². The Morgan fingerprint density at radius 2 is 1.57 bits per heavy atom. The second-order valence-electron chi connectivity index (χ2n) is 6.56. The quantitative estimate of drug-likeness (QED) is 0.333. The highest BCUT2D eigenvalue weighted by atomic mass is 32.1. The maximum Gasteiger partial charge on any atom is 0.337 e. The van der Waals surface area contributed by atoms with Crippen LogP contribution in [0.2, 0.25) is 0 Å². The predicted octanol–water partition coefficient (Wildman–Crippen LogP) is 4.12. The number of carbonyl (C=O) groups is 3. The molecule has 30 heavy (non-hydrogen) atoms. The van der Waals surface area contributed by atoms with Gasteiger partial charge in [0.1, 0.15) is 0 Å². The molecule has 2 aromatic carbocycles. The van der Waals surface area contributed by atoms with Gasteiger partial charge < -0.3 is 15.4 Å². The minimum absolute atomic E-state index is 0.0353. The van der Waals surface area contributed by atoms with Gasteiger partial charge in [0, 0.05) is 23.4 Å². The first-order valence-corrected chi connectivity index (χ1v) is 10.0. The lowest BCUT2D eigenvalue weighted by atomic mass is 10.1. The molecule has 0 unspecified atom stereocenters. The summed E-state index contributed by atoms with van der Waals surface area (Å²) in [5.74, 6) is -0.923. The predicted molar refractivity (Wildman–Crippen MR) is 121 cm³/mol. The van der Waals surface area contributed by atoms with Crippen LogP contribution in [0, 0.1) is 0 Å². The Labute approximate surface area is 181 Å². The molecule has 0 saturated carbocycles. The molecule has 2 rings (SSSR count). The van der Waals surface area contributed by atoms with Gasteiger partial charge in [-0.3, -0.25) is 14.9 Å². The molecule has 0 saturated heterocycles. The topological polar surface area (TPSA) is 96.5 Å². The SMILES string of the molecule is CCCCCC(=O)Nc1cccc(NC(=S)NC(=O)c2ccc(C(=O)OC)cc2)c1. The number of rotatable bonds is 8. The zero-order valence-corrected chi connectivity index (χ0v) is 17.8. The summed E-state index contributed by atoms with van der Waals surface area (Å²) in [5.41, 5.74) is 1.98. The minimum atomic E-state index is -0.475. The fourth-order valence-corrected chi connectivity index (χ4v) is 2.86. The molecular formula is C22H25N3O4S. The summed E-state index contributed by atoms with van der Waals surface area (Å²) in [7, 11) is 1.29. The Balaban J connectivity index is 1.90. The van der Waals surface area contributed by atoms with E-state index >= 15 is 0 Å². The van der Waals surface area contributed by atoms with Crippen molar-refractivity contribution in [3.8, 4) is 0 Å². The number of hydrogen-bond donors (Lipinski definition) is 3. The maximum atomic E-state index is 12.3. The third-order valence-electron chi connectivity index (χ3n) is 4.21. The summed E-state index contributed by atoms with van der Waals surface area (Å²) >= 11 is 5.20. The molecule has 8 heteroatoms. The van der Waals surface area contributed by atoms with E-state index in [0.717, 1.165) is 19.3 Å². The number of unbranched alkanes of at least 4 members (excludes halogenated alkanes) is 2. The van der Waals surface area contributed by atoms with E-state index in [0.29, 0.717) is 28.9 Å². The molecule has 2 amide bonds. The molecule has 0 aliphatic carbocycles. The molecular weight excluding hydrogens is 402 g/mol. The van der Waals surface area contributed by atoms with Crippen LogP contribution in [-0.2, 0) is 9.53 Å². The van der Waals surface area contributed by atoms with Crippen molar-refractivity contribution in [1.82, 2.24) is 5.32 Å². The fourth-order valence-electron chi connectivity index (χ4n) is 2.65. The lowest BCUT2D eigenvalue weighted by molar-refractivity contribution is -0.116. The van der Waals surface area contributed by atoms with Crippen LogP contribution < -0.4 is 16.0 Å². The second-order valence-corrected chi connectivity index (χ2v) is 6.97. The van der Waals surface area contributed by atoms with Crippen LogP contribution in [0.15, 0.2) is 48.5 Å². The van der Waals surface area contributed by atoms with Crippen molar-refractivity contribution in [3.63, 3.8) is 0 Å². The van der Waals surface area contributed by atoms with E-state index in [1.165, 1.54) is 31.4 Å². The molecule has 158 valence electrons. The van der Waals surface area contributed by atoms with E-state index in [1.807, 2.05) is 0 Å². The van der Waals surface area contributed by atoms with Crippen LogP contribution >= 0.6 is 12.2 Å². The Kier molecular flexibility index (Phi) is 8.96. The lowest BCUT2D eigenvalue weighted by Gasteiger charge is -2.11. The molecule has 0 spiro atoms. The van der Waals surface area contributed by atoms with Gasteiger partial charge in [-0.25, -0.2) is 4.79 Å². The summed E-state index contributed by atoms with van der Waals surface area (Å²) < 4.78 is 4.63. The number of methoxy groups -OCH3 is 1. The van der Waals surface area contributed by atoms with Gasteiger partial charge in [-0.1, -0.05) is 25.8 Å². The first-order chi connectivity index (χ1) is 14.4. The van der Waals surface area contributed by atoms with Crippen LogP contribution in [0.25, 0.3) is 0 Å². The molecule has 0 atom stereocenters. The molecule has 7 nitrogen and oxygen atoms in total. The van der Waals surface area contributed by atoms with Gasteiger partial charge in [0.15, 0.2) is 5.11 Å². The van der Waals surface area contributed by atoms with Crippen molar-refractivity contribution >= 4 is 46.5 Å². The lowest BCUT2D eigenvalue weighted by Crippen LogP contribution is -2.34. The first kappa shape index (κ1) is 23.0. The van der Waals surface area contributed by atoms with Crippen LogP contribution in [0.5, 0.6) is 0 Å². The second kappa shape index (κ2) is 11.7. The average molecular weight is 428 g/mol. The number of carbonyl (C=O) groups excluding carboxylic acids is 3. The fraction of sp³-hybridized carbons (Fsp3) is 0.273. The van der Waals surface area contributed by atoms with E-state index in [9.17, 15) is 14.4 Å². The highest BCUT2D eigenvalue weighted by Crippen LogP contribution is 2.16. The van der Waals surface area contributed by atoms with Gasteiger partial charge in [0.05, 0.1) is 12.7 Å². The molecule has 0 aliphatic heterocycles. The highest BCUT2D eigenvalue weighted by Gasteiger charge is 2.11. The van der Waals surface area contributed by atoms with E-state index in [2.05, 4.69) is 27.6 Å². The highest BCUT2D eigenvalue weighted by molar-refractivity contribution is 7.80.